The molecule has 0 aliphatic carbocycles. The first-order chi connectivity index (χ1) is 8.97. The predicted octanol–water partition coefficient (Wildman–Crippen LogP) is 1.63. The van der Waals surface area contributed by atoms with Crippen molar-refractivity contribution < 1.29 is 9.53 Å². The van der Waals surface area contributed by atoms with Gasteiger partial charge in [0.25, 0.3) is 0 Å². The lowest BCUT2D eigenvalue weighted by Gasteiger charge is -2.24. The summed E-state index contributed by atoms with van der Waals surface area (Å²) >= 11 is 0. The maximum absolute atomic E-state index is 11.8. The van der Waals surface area contributed by atoms with Crippen LogP contribution in [0.15, 0.2) is 18.2 Å². The van der Waals surface area contributed by atoms with Crippen molar-refractivity contribution in [3.63, 3.8) is 0 Å². The Morgan fingerprint density at radius 2 is 2.16 bits per heavy atom. The first-order valence-electron chi connectivity index (χ1n) is 6.45. The van der Waals surface area contributed by atoms with Crippen LogP contribution < -0.4 is 20.7 Å². The average molecular weight is 265 g/mol. The van der Waals surface area contributed by atoms with Crippen molar-refractivity contribution in [2.24, 2.45) is 0 Å². The summed E-state index contributed by atoms with van der Waals surface area (Å²) in [5, 5.41) is 2.87. The lowest BCUT2D eigenvalue weighted by atomic mass is 10.2. The molecule has 0 spiro atoms. The number of methoxy groups -OCH3 is 1. The third-order valence-corrected chi connectivity index (χ3v) is 2.74. The minimum absolute atomic E-state index is 0.00734. The van der Waals surface area contributed by atoms with Crippen LogP contribution >= 0.6 is 0 Å². The Morgan fingerprint density at radius 3 is 2.63 bits per heavy atom. The fourth-order valence-corrected chi connectivity index (χ4v) is 1.86. The van der Waals surface area contributed by atoms with Gasteiger partial charge in [0.15, 0.2) is 0 Å². The van der Waals surface area contributed by atoms with Crippen molar-refractivity contribution >= 4 is 17.3 Å². The number of carbonyl (C=O) groups is 1. The molecule has 5 nitrogen and oxygen atoms in total. The van der Waals surface area contributed by atoms with Gasteiger partial charge in [-0.25, -0.2) is 0 Å². The second-order valence-corrected chi connectivity index (χ2v) is 4.66. The van der Waals surface area contributed by atoms with Gasteiger partial charge < -0.3 is 20.7 Å². The number of rotatable bonds is 6. The zero-order valence-electron chi connectivity index (χ0n) is 12.1. The molecule has 1 aromatic rings. The summed E-state index contributed by atoms with van der Waals surface area (Å²) in [5.41, 5.74) is 7.46. The number of nitrogens with two attached hydrogens (primary N) is 1. The number of nitrogens with one attached hydrogen (secondary N) is 1. The zero-order valence-corrected chi connectivity index (χ0v) is 12.1. The molecular weight excluding hydrogens is 242 g/mol. The Labute approximate surface area is 114 Å². The van der Waals surface area contributed by atoms with Crippen LogP contribution in [0.4, 0.5) is 11.4 Å². The van der Waals surface area contributed by atoms with E-state index in [1.54, 1.807) is 13.2 Å². The van der Waals surface area contributed by atoms with Crippen LogP contribution in [0, 0.1) is 0 Å². The number of ether oxygens (including phenoxy) is 1. The smallest absolute Gasteiger partial charge is 0.239 e. The normalized spacial score (nSPS) is 10.4. The minimum atomic E-state index is -0.00734. The van der Waals surface area contributed by atoms with E-state index in [0.717, 1.165) is 5.69 Å². The maximum Gasteiger partial charge on any atom is 0.239 e. The lowest BCUT2D eigenvalue weighted by Crippen LogP contribution is -2.40. The summed E-state index contributed by atoms with van der Waals surface area (Å²) in [7, 11) is 1.60. The molecule has 0 saturated carbocycles. The van der Waals surface area contributed by atoms with Gasteiger partial charge in [-0.2, -0.15) is 0 Å². The molecule has 1 aromatic carbocycles. The highest BCUT2D eigenvalue weighted by atomic mass is 16.5. The quantitative estimate of drug-likeness (QED) is 0.767. The molecule has 0 saturated heterocycles. The first kappa shape index (κ1) is 15.1. The molecule has 1 rings (SSSR count). The topological polar surface area (TPSA) is 67.6 Å². The van der Waals surface area contributed by atoms with Crippen LogP contribution in [-0.2, 0) is 4.79 Å². The van der Waals surface area contributed by atoms with Crippen molar-refractivity contribution in [1.82, 2.24) is 5.32 Å². The van der Waals surface area contributed by atoms with E-state index in [1.807, 2.05) is 37.8 Å². The Hall–Kier alpha value is -1.91. The van der Waals surface area contributed by atoms with Crippen LogP contribution in [0.2, 0.25) is 0 Å². The summed E-state index contributed by atoms with van der Waals surface area (Å²) < 4.78 is 5.12. The second-order valence-electron chi connectivity index (χ2n) is 4.66. The second kappa shape index (κ2) is 6.87. The summed E-state index contributed by atoms with van der Waals surface area (Å²) in [6.45, 7) is 6.88. The van der Waals surface area contributed by atoms with E-state index in [2.05, 4.69) is 5.32 Å². The Balaban J connectivity index is 2.82. The number of carbonyl (C=O) groups excluding carboxylic acids is 1. The van der Waals surface area contributed by atoms with E-state index >= 15 is 0 Å². The third-order valence-electron chi connectivity index (χ3n) is 2.74. The van der Waals surface area contributed by atoms with E-state index in [9.17, 15) is 4.79 Å². The highest BCUT2D eigenvalue weighted by Gasteiger charge is 2.13. The van der Waals surface area contributed by atoms with Crippen LogP contribution in [0.25, 0.3) is 0 Å². The Morgan fingerprint density at radius 1 is 1.47 bits per heavy atom. The molecule has 0 aliphatic rings. The molecule has 0 aromatic heterocycles. The van der Waals surface area contributed by atoms with Crippen molar-refractivity contribution in [3.05, 3.63) is 18.2 Å². The molecule has 0 unspecified atom stereocenters. The van der Waals surface area contributed by atoms with E-state index < -0.39 is 0 Å². The van der Waals surface area contributed by atoms with Gasteiger partial charge in [-0.05, 0) is 32.9 Å². The van der Waals surface area contributed by atoms with Gasteiger partial charge in [-0.15, -0.1) is 0 Å². The molecule has 3 N–H and O–H groups in total. The minimum Gasteiger partial charge on any atom is -0.497 e. The molecule has 0 radical (unpaired) electrons. The van der Waals surface area contributed by atoms with Gasteiger partial charge >= 0.3 is 0 Å². The molecule has 0 heterocycles. The van der Waals surface area contributed by atoms with Crippen molar-refractivity contribution in [2.45, 2.75) is 26.8 Å². The molecular formula is C14H23N3O2. The predicted molar refractivity (Wildman–Crippen MR) is 78.6 cm³/mol. The Kier molecular flexibility index (Phi) is 5.48. The van der Waals surface area contributed by atoms with E-state index in [-0.39, 0.29) is 11.9 Å². The van der Waals surface area contributed by atoms with Crippen LogP contribution in [0.3, 0.4) is 0 Å². The first-order valence-corrected chi connectivity index (χ1v) is 6.45. The van der Waals surface area contributed by atoms with Crippen LogP contribution in [0.5, 0.6) is 5.75 Å². The fourth-order valence-electron chi connectivity index (χ4n) is 1.86. The van der Waals surface area contributed by atoms with Crippen molar-refractivity contribution in [3.8, 4) is 5.75 Å². The maximum atomic E-state index is 11.8. The summed E-state index contributed by atoms with van der Waals surface area (Å²) in [6, 6.07) is 5.62. The van der Waals surface area contributed by atoms with Gasteiger partial charge in [0.1, 0.15) is 5.75 Å². The zero-order chi connectivity index (χ0) is 14.4. The summed E-state index contributed by atoms with van der Waals surface area (Å²) in [6.07, 6.45) is 0. The highest BCUT2D eigenvalue weighted by molar-refractivity contribution is 5.83. The summed E-state index contributed by atoms with van der Waals surface area (Å²) in [5.74, 6) is 0.705. The van der Waals surface area contributed by atoms with Crippen molar-refractivity contribution in [1.29, 1.82) is 0 Å². The lowest BCUT2D eigenvalue weighted by molar-refractivity contribution is -0.120. The summed E-state index contributed by atoms with van der Waals surface area (Å²) in [4.78, 5) is 13.7. The van der Waals surface area contributed by atoms with E-state index in [0.29, 0.717) is 24.5 Å². The van der Waals surface area contributed by atoms with Gasteiger partial charge in [0.2, 0.25) is 5.91 Å². The number of nitrogens with zero attached hydrogens (tertiary/aromatic N) is 1. The molecule has 0 atom stereocenters. The number of likely N-dealkylation sites (N-methyl/N-ethyl adjacent to an activating group) is 1. The van der Waals surface area contributed by atoms with Gasteiger partial charge in [0.05, 0.1) is 25.0 Å². The molecule has 5 heteroatoms. The fraction of sp³-hybridized carbons (Fsp3) is 0.500. The average Bonchev–Trinajstić information content (AvgIpc) is 2.35. The number of hydrogen-bond donors (Lipinski definition) is 2. The van der Waals surface area contributed by atoms with E-state index in [1.165, 1.54) is 0 Å². The van der Waals surface area contributed by atoms with Gasteiger partial charge in [-0.3, -0.25) is 4.79 Å². The largest absolute Gasteiger partial charge is 0.497 e. The SMILES string of the molecule is CCN(CC(=O)NC(C)C)c1ccc(OC)cc1N. The standard InChI is InChI=1S/C14H23N3O2/c1-5-17(9-14(18)16-10(2)3)13-7-6-11(19-4)8-12(13)15/h6-8,10H,5,9,15H2,1-4H3,(H,16,18). The number of benzene rings is 1. The van der Waals surface area contributed by atoms with Crippen LogP contribution in [0.1, 0.15) is 20.8 Å². The van der Waals surface area contributed by atoms with Crippen LogP contribution in [-0.4, -0.2) is 32.1 Å². The number of amides is 1. The third kappa shape index (κ3) is 4.35. The highest BCUT2D eigenvalue weighted by Crippen LogP contribution is 2.27. The number of anilines is 2. The monoisotopic (exact) mass is 265 g/mol. The van der Waals surface area contributed by atoms with E-state index in [4.69, 9.17) is 10.5 Å². The van der Waals surface area contributed by atoms with Gasteiger partial charge in [-0.1, -0.05) is 0 Å². The molecule has 0 fully saturated rings. The molecule has 106 valence electrons. The molecule has 1 amide bonds. The van der Waals surface area contributed by atoms with Crippen molar-refractivity contribution in [2.75, 3.05) is 30.8 Å². The molecule has 19 heavy (non-hydrogen) atoms. The Bertz CT molecular complexity index is 433. The number of nitrogen functional groups attached to an aromatic ring is 1. The molecule has 0 bridgehead atoms. The number of hydrogen-bond acceptors (Lipinski definition) is 4. The van der Waals surface area contributed by atoms with Gasteiger partial charge in [0, 0.05) is 18.7 Å². The molecule has 0 aliphatic heterocycles.